The summed E-state index contributed by atoms with van der Waals surface area (Å²) in [4.78, 5) is 65.5. The normalized spacial score (nSPS) is 22.2. The molecule has 18 heteroatoms. The van der Waals surface area contributed by atoms with Crippen LogP contribution in [0, 0.1) is 11.3 Å². The zero-order valence-electron chi connectivity index (χ0n) is 26.6. The molecule has 17 nitrogen and oxygen atoms in total. The second-order valence-electron chi connectivity index (χ2n) is 12.3. The van der Waals surface area contributed by atoms with Crippen LogP contribution < -0.4 is 11.1 Å². The Morgan fingerprint density at radius 2 is 1.69 bits per heavy atom. The summed E-state index contributed by atoms with van der Waals surface area (Å²) in [5.74, 6) is -1.86. The molecule has 3 fully saturated rings. The Kier molecular flexibility index (Phi) is 12.0. The van der Waals surface area contributed by atoms with Gasteiger partial charge in [0.25, 0.3) is 0 Å². The first kappa shape index (κ1) is 36.3. The Bertz CT molecular complexity index is 1220. The first-order chi connectivity index (χ1) is 21.0. The molecule has 45 heavy (non-hydrogen) atoms. The van der Waals surface area contributed by atoms with Gasteiger partial charge in [-0.15, -0.1) is 4.28 Å². The van der Waals surface area contributed by atoms with Gasteiger partial charge in [-0.05, 0) is 52.4 Å². The fraction of sp³-hybridized carbons (Fsp3) is 0.815. The number of esters is 2. The lowest BCUT2D eigenvalue weighted by Gasteiger charge is -2.34. The van der Waals surface area contributed by atoms with Gasteiger partial charge in [0.15, 0.2) is 0 Å². The number of hydroxylamine groups is 2. The zero-order chi connectivity index (χ0) is 33.7. The summed E-state index contributed by atoms with van der Waals surface area (Å²) >= 11 is 0. The number of carbonyl (C=O) groups is 5. The molecule has 0 spiro atoms. The van der Waals surface area contributed by atoms with Gasteiger partial charge >= 0.3 is 34.5 Å². The maximum atomic E-state index is 13.2. The molecule has 4 atom stereocenters. The molecule has 3 aliphatic rings. The van der Waals surface area contributed by atoms with Crippen LogP contribution in [0.2, 0.25) is 0 Å². The molecule has 2 bridgehead atoms. The molecule has 2 unspecified atom stereocenters. The summed E-state index contributed by atoms with van der Waals surface area (Å²) in [6, 6.07) is -3.37. The van der Waals surface area contributed by atoms with Crippen LogP contribution in [0.25, 0.3) is 0 Å². The molecule has 3 aliphatic heterocycles. The number of nitrogens with two attached hydrogens (primary N) is 1. The monoisotopic (exact) mass is 663 g/mol. The molecule has 3 N–H and O–H groups in total. The molecule has 0 aromatic carbocycles. The molecule has 3 heterocycles. The lowest BCUT2D eigenvalue weighted by molar-refractivity contribution is -0.169. The number of hydrogen-bond acceptors (Lipinski definition) is 13. The van der Waals surface area contributed by atoms with Crippen molar-refractivity contribution in [2.75, 3.05) is 32.8 Å². The van der Waals surface area contributed by atoms with Crippen molar-refractivity contribution in [2.45, 2.75) is 97.7 Å². The van der Waals surface area contributed by atoms with Gasteiger partial charge in [0.1, 0.15) is 12.1 Å². The standard InChI is InChI=1S/C27H45N5O12S/c1-7-40-24(35)27(5,6)15-41-45(38,39)44-32-19-8-9-20(31(14-19)25(32)36)22(33)29-18-10-12-30(13-11-18)26(37)43-17(4)42-23(34)21(28)16(2)3/h16-21H,7-15,28H2,1-6H3,(H,29,33)/t17?,19-,20+,21?/m1/s1. The van der Waals surface area contributed by atoms with E-state index in [1.54, 1.807) is 20.8 Å². The predicted molar refractivity (Wildman–Crippen MR) is 155 cm³/mol. The second-order valence-corrected chi connectivity index (χ2v) is 13.5. The minimum Gasteiger partial charge on any atom is -0.466 e. The number of fused-ring (bicyclic) bond motifs is 2. The number of likely N-dealkylation sites (tertiary alicyclic amines) is 1. The van der Waals surface area contributed by atoms with Gasteiger partial charge in [0.05, 0.1) is 24.7 Å². The lowest BCUT2D eigenvalue weighted by atomic mass is 9.95. The van der Waals surface area contributed by atoms with Gasteiger partial charge < -0.3 is 35.1 Å². The topological polar surface area (TPSA) is 213 Å². The summed E-state index contributed by atoms with van der Waals surface area (Å²) in [5, 5.41) is 3.61. The van der Waals surface area contributed by atoms with E-state index in [0.717, 1.165) is 0 Å². The van der Waals surface area contributed by atoms with E-state index in [1.807, 2.05) is 0 Å². The number of piperidine rings is 2. The third-order valence-corrected chi connectivity index (χ3v) is 8.58. The van der Waals surface area contributed by atoms with Gasteiger partial charge in [-0.2, -0.15) is 13.5 Å². The molecule has 0 aromatic heterocycles. The minimum absolute atomic E-state index is 0.0792. The number of urea groups is 1. The van der Waals surface area contributed by atoms with Gasteiger partial charge in [-0.3, -0.25) is 14.4 Å². The highest BCUT2D eigenvalue weighted by Gasteiger charge is 2.50. The van der Waals surface area contributed by atoms with Crippen molar-refractivity contribution < 1.29 is 55.1 Å². The smallest absolute Gasteiger partial charge is 0.421 e. The van der Waals surface area contributed by atoms with Crippen molar-refractivity contribution in [1.82, 2.24) is 20.2 Å². The van der Waals surface area contributed by atoms with Crippen LogP contribution in [-0.4, -0.2) is 117 Å². The van der Waals surface area contributed by atoms with Crippen molar-refractivity contribution in [2.24, 2.45) is 17.1 Å². The van der Waals surface area contributed by atoms with Crippen LogP contribution in [0.4, 0.5) is 9.59 Å². The summed E-state index contributed by atoms with van der Waals surface area (Å²) in [5.41, 5.74) is 4.47. The lowest BCUT2D eigenvalue weighted by Crippen LogP contribution is -2.54. The summed E-state index contributed by atoms with van der Waals surface area (Å²) in [7, 11) is -4.71. The Labute approximate surface area is 263 Å². The minimum atomic E-state index is -4.71. The maximum Gasteiger partial charge on any atom is 0.421 e. The number of nitrogens with zero attached hydrogens (tertiary/aromatic N) is 3. The average molecular weight is 664 g/mol. The van der Waals surface area contributed by atoms with E-state index >= 15 is 0 Å². The number of rotatable bonds is 13. The maximum absolute atomic E-state index is 13.2. The number of nitrogens with one attached hydrogen (secondary N) is 1. The molecule has 3 saturated heterocycles. The second kappa shape index (κ2) is 14.9. The molecule has 0 saturated carbocycles. The van der Waals surface area contributed by atoms with Crippen LogP contribution in [-0.2, 0) is 47.5 Å². The van der Waals surface area contributed by atoms with E-state index in [2.05, 4.69) is 5.32 Å². The van der Waals surface area contributed by atoms with Crippen molar-refractivity contribution in [3.63, 3.8) is 0 Å². The molecular weight excluding hydrogens is 618 g/mol. The van der Waals surface area contributed by atoms with E-state index < -0.39 is 76.8 Å². The Morgan fingerprint density at radius 3 is 2.29 bits per heavy atom. The van der Waals surface area contributed by atoms with Crippen LogP contribution in [0.15, 0.2) is 0 Å². The third kappa shape index (κ3) is 9.40. The van der Waals surface area contributed by atoms with Crippen LogP contribution in [0.5, 0.6) is 0 Å². The van der Waals surface area contributed by atoms with Gasteiger partial charge in [0.2, 0.25) is 12.2 Å². The average Bonchev–Trinajstić information content (AvgIpc) is 3.19. The van der Waals surface area contributed by atoms with E-state index in [-0.39, 0.29) is 44.6 Å². The molecule has 3 rings (SSSR count). The van der Waals surface area contributed by atoms with E-state index in [1.165, 1.54) is 30.6 Å². The zero-order valence-corrected chi connectivity index (χ0v) is 27.4. The SMILES string of the molecule is CCOC(=O)C(C)(C)COS(=O)(=O)ON1C(=O)N2C[C@H]1CC[C@H]2C(=O)NC1CCN(C(=O)OC(C)OC(=O)C(N)C(C)C)CC1. The first-order valence-electron chi connectivity index (χ1n) is 15.0. The quantitative estimate of drug-likeness (QED) is 0.205. The Hall–Kier alpha value is -3.22. The van der Waals surface area contributed by atoms with E-state index in [0.29, 0.717) is 24.3 Å². The molecular formula is C27H45N5O12S. The van der Waals surface area contributed by atoms with E-state index in [9.17, 15) is 32.4 Å². The van der Waals surface area contributed by atoms with Gasteiger partial charge in [0, 0.05) is 32.6 Å². The van der Waals surface area contributed by atoms with Crippen molar-refractivity contribution in [3.05, 3.63) is 0 Å². The van der Waals surface area contributed by atoms with Crippen LogP contribution >= 0.6 is 0 Å². The molecule has 256 valence electrons. The summed E-state index contributed by atoms with van der Waals surface area (Å²) in [6.07, 6.45) is -0.363. The van der Waals surface area contributed by atoms with Crippen molar-refractivity contribution in [1.29, 1.82) is 0 Å². The van der Waals surface area contributed by atoms with E-state index in [4.69, 9.17) is 28.4 Å². The Morgan fingerprint density at radius 1 is 1.04 bits per heavy atom. The number of ether oxygens (including phenoxy) is 3. The third-order valence-electron chi connectivity index (χ3n) is 7.83. The summed E-state index contributed by atoms with van der Waals surface area (Å²) in [6.45, 7) is 9.66. The van der Waals surface area contributed by atoms with Crippen LogP contribution in [0.3, 0.4) is 0 Å². The predicted octanol–water partition coefficient (Wildman–Crippen LogP) is 0.627. The highest BCUT2D eigenvalue weighted by molar-refractivity contribution is 7.81. The molecule has 0 radical (unpaired) electrons. The largest absolute Gasteiger partial charge is 0.466 e. The van der Waals surface area contributed by atoms with Gasteiger partial charge in [-0.1, -0.05) is 13.8 Å². The van der Waals surface area contributed by atoms with Crippen molar-refractivity contribution >= 4 is 40.4 Å². The van der Waals surface area contributed by atoms with Crippen molar-refractivity contribution in [3.8, 4) is 0 Å². The highest BCUT2D eigenvalue weighted by Crippen LogP contribution is 2.32. The number of hydrogen-bond donors (Lipinski definition) is 2. The fourth-order valence-corrected chi connectivity index (χ4v) is 5.85. The molecule has 0 aliphatic carbocycles. The molecule has 4 amide bonds. The fourth-order valence-electron chi connectivity index (χ4n) is 4.99. The van der Waals surface area contributed by atoms with Crippen LogP contribution in [0.1, 0.15) is 67.2 Å². The summed E-state index contributed by atoms with van der Waals surface area (Å²) < 4.78 is 50.1. The number of carbonyl (C=O) groups excluding carboxylic acids is 5. The molecule has 0 aromatic rings. The number of amides is 4. The first-order valence-corrected chi connectivity index (χ1v) is 16.4. The Balaban J connectivity index is 1.46. The highest BCUT2D eigenvalue weighted by atomic mass is 32.3. The van der Waals surface area contributed by atoms with Gasteiger partial charge in [-0.25, -0.2) is 13.8 Å².